The zero-order chi connectivity index (χ0) is 15.4. The van der Waals surface area contributed by atoms with E-state index in [4.69, 9.17) is 11.6 Å². The van der Waals surface area contributed by atoms with Crippen molar-refractivity contribution in [1.82, 2.24) is 20.1 Å². The highest BCUT2D eigenvalue weighted by Gasteiger charge is 2.11. The van der Waals surface area contributed by atoms with Gasteiger partial charge in [-0.25, -0.2) is 9.89 Å². The number of aromatic amines is 1. The highest BCUT2D eigenvalue weighted by molar-refractivity contribution is 7.99. The van der Waals surface area contributed by atoms with Crippen molar-refractivity contribution in [3.63, 3.8) is 0 Å². The third-order valence-corrected chi connectivity index (χ3v) is 4.74. The van der Waals surface area contributed by atoms with Crippen LogP contribution in [0.25, 0.3) is 0 Å². The SMILES string of the molecule is CCCNC(C)c1ccc(Sc2n[nH]c(=O)n2C)c(Cl)c1. The van der Waals surface area contributed by atoms with Gasteiger partial charge in [0.15, 0.2) is 5.16 Å². The van der Waals surface area contributed by atoms with E-state index in [2.05, 4.69) is 29.4 Å². The molecule has 2 rings (SSSR count). The summed E-state index contributed by atoms with van der Waals surface area (Å²) in [6.45, 7) is 5.23. The number of hydrogen-bond donors (Lipinski definition) is 2. The topological polar surface area (TPSA) is 62.7 Å². The number of halogens is 1. The minimum absolute atomic E-state index is 0.234. The largest absolute Gasteiger partial charge is 0.343 e. The molecule has 0 aliphatic rings. The molecule has 0 aliphatic heterocycles. The summed E-state index contributed by atoms with van der Waals surface area (Å²) in [5.74, 6) is 0. The van der Waals surface area contributed by atoms with Crippen molar-refractivity contribution in [1.29, 1.82) is 0 Å². The van der Waals surface area contributed by atoms with Crippen LogP contribution in [0.15, 0.2) is 33.0 Å². The van der Waals surface area contributed by atoms with Gasteiger partial charge in [-0.15, -0.1) is 5.10 Å². The first-order valence-electron chi connectivity index (χ1n) is 6.85. The Morgan fingerprint density at radius 1 is 1.52 bits per heavy atom. The first-order chi connectivity index (χ1) is 10.0. The number of benzene rings is 1. The summed E-state index contributed by atoms with van der Waals surface area (Å²) in [5.41, 5.74) is 0.913. The summed E-state index contributed by atoms with van der Waals surface area (Å²) in [4.78, 5) is 12.2. The van der Waals surface area contributed by atoms with E-state index in [1.54, 1.807) is 7.05 Å². The van der Waals surface area contributed by atoms with Crippen LogP contribution in [0.3, 0.4) is 0 Å². The third-order valence-electron chi connectivity index (χ3n) is 3.20. The number of nitrogens with zero attached hydrogens (tertiary/aromatic N) is 2. The first-order valence-corrected chi connectivity index (χ1v) is 8.04. The van der Waals surface area contributed by atoms with Gasteiger partial charge >= 0.3 is 5.69 Å². The van der Waals surface area contributed by atoms with E-state index < -0.39 is 0 Å². The van der Waals surface area contributed by atoms with Crippen molar-refractivity contribution in [3.05, 3.63) is 39.3 Å². The number of hydrogen-bond acceptors (Lipinski definition) is 4. The number of rotatable bonds is 6. The van der Waals surface area contributed by atoms with E-state index in [0.29, 0.717) is 10.2 Å². The third kappa shape index (κ3) is 3.90. The summed E-state index contributed by atoms with van der Waals surface area (Å²) in [5, 5.41) is 11.1. The molecule has 0 bridgehead atoms. The van der Waals surface area contributed by atoms with Crippen molar-refractivity contribution < 1.29 is 0 Å². The fourth-order valence-corrected chi connectivity index (χ4v) is 2.98. The molecular formula is C14H19ClN4OS. The van der Waals surface area contributed by atoms with Crippen molar-refractivity contribution in [2.45, 2.75) is 36.4 Å². The second-order valence-corrected chi connectivity index (χ2v) is 6.25. The molecule has 2 N–H and O–H groups in total. The van der Waals surface area contributed by atoms with Crippen LogP contribution in [-0.2, 0) is 7.05 Å². The minimum Gasteiger partial charge on any atom is -0.310 e. The molecule has 1 unspecified atom stereocenters. The number of H-pyrrole nitrogens is 1. The smallest absolute Gasteiger partial charge is 0.310 e. The van der Waals surface area contributed by atoms with Crippen molar-refractivity contribution in [2.75, 3.05) is 6.54 Å². The van der Waals surface area contributed by atoms with Crippen molar-refractivity contribution in [2.24, 2.45) is 7.05 Å². The summed E-state index contributed by atoms with van der Waals surface area (Å²) in [6, 6.07) is 6.23. The standard InChI is InChI=1S/C14H19ClN4OS/c1-4-7-16-9(2)10-5-6-12(11(15)8-10)21-14-18-17-13(20)19(14)3/h5-6,8-9,16H,4,7H2,1-3H3,(H,17,20). The summed E-state index contributed by atoms with van der Waals surface area (Å²) in [6.07, 6.45) is 1.10. The summed E-state index contributed by atoms with van der Waals surface area (Å²) >= 11 is 7.71. The predicted molar refractivity (Wildman–Crippen MR) is 86.1 cm³/mol. The molecule has 114 valence electrons. The minimum atomic E-state index is -0.234. The normalized spacial score (nSPS) is 12.6. The molecule has 0 amide bonds. The fourth-order valence-electron chi connectivity index (χ4n) is 1.87. The lowest BCUT2D eigenvalue weighted by molar-refractivity contribution is 0.570. The molecule has 1 atom stereocenters. The Labute approximate surface area is 133 Å². The van der Waals surface area contributed by atoms with Gasteiger partial charge in [-0.2, -0.15) is 0 Å². The molecule has 0 aliphatic carbocycles. The van der Waals surface area contributed by atoms with Crippen molar-refractivity contribution >= 4 is 23.4 Å². The second-order valence-electron chi connectivity index (χ2n) is 4.84. The van der Waals surface area contributed by atoms with Gasteiger partial charge in [-0.3, -0.25) is 4.57 Å². The molecule has 21 heavy (non-hydrogen) atoms. The van der Waals surface area contributed by atoms with Crippen LogP contribution >= 0.6 is 23.4 Å². The maximum Gasteiger partial charge on any atom is 0.343 e. The number of aromatic nitrogens is 3. The molecular weight excluding hydrogens is 308 g/mol. The Morgan fingerprint density at radius 3 is 2.86 bits per heavy atom. The fraction of sp³-hybridized carbons (Fsp3) is 0.429. The Morgan fingerprint density at radius 2 is 2.29 bits per heavy atom. The Bertz CT molecular complexity index is 667. The van der Waals surface area contributed by atoms with Gasteiger partial charge in [0, 0.05) is 18.0 Å². The van der Waals surface area contributed by atoms with Gasteiger partial charge in [0.25, 0.3) is 0 Å². The van der Waals surface area contributed by atoms with Gasteiger partial charge in [0.05, 0.1) is 5.02 Å². The van der Waals surface area contributed by atoms with E-state index >= 15 is 0 Å². The maximum absolute atomic E-state index is 11.3. The quantitative estimate of drug-likeness (QED) is 0.856. The van der Waals surface area contributed by atoms with E-state index in [0.717, 1.165) is 23.4 Å². The molecule has 2 aromatic rings. The zero-order valence-corrected chi connectivity index (χ0v) is 13.9. The summed E-state index contributed by atoms with van der Waals surface area (Å²) < 4.78 is 1.46. The van der Waals surface area contributed by atoms with Crippen LogP contribution in [0.1, 0.15) is 31.9 Å². The number of nitrogens with one attached hydrogen (secondary N) is 2. The van der Waals surface area contributed by atoms with Crippen LogP contribution in [-0.4, -0.2) is 21.3 Å². The molecule has 5 nitrogen and oxygen atoms in total. The lowest BCUT2D eigenvalue weighted by atomic mass is 10.1. The molecule has 0 saturated heterocycles. The Kier molecular flexibility index (Phi) is 5.50. The molecule has 1 aromatic carbocycles. The molecule has 0 saturated carbocycles. The lowest BCUT2D eigenvalue weighted by Gasteiger charge is -2.15. The Hall–Kier alpha value is -1.24. The van der Waals surface area contributed by atoms with Crippen LogP contribution in [0.2, 0.25) is 5.02 Å². The molecule has 1 heterocycles. The monoisotopic (exact) mass is 326 g/mol. The summed E-state index contributed by atoms with van der Waals surface area (Å²) in [7, 11) is 1.67. The van der Waals surface area contributed by atoms with E-state index in [1.165, 1.54) is 16.3 Å². The average Bonchev–Trinajstić information content (AvgIpc) is 2.78. The van der Waals surface area contributed by atoms with Crippen molar-refractivity contribution in [3.8, 4) is 0 Å². The van der Waals surface area contributed by atoms with E-state index in [1.807, 2.05) is 18.2 Å². The molecule has 0 spiro atoms. The molecule has 0 radical (unpaired) electrons. The van der Waals surface area contributed by atoms with Gasteiger partial charge < -0.3 is 5.32 Å². The molecule has 0 fully saturated rings. The lowest BCUT2D eigenvalue weighted by Crippen LogP contribution is -2.19. The molecule has 1 aromatic heterocycles. The predicted octanol–water partition coefficient (Wildman–Crippen LogP) is 2.97. The van der Waals surface area contributed by atoms with Gasteiger partial charge in [0.1, 0.15) is 0 Å². The Balaban J connectivity index is 2.16. The highest BCUT2D eigenvalue weighted by Crippen LogP contribution is 2.33. The van der Waals surface area contributed by atoms with Gasteiger partial charge in [-0.1, -0.05) is 24.6 Å². The molecule has 7 heteroatoms. The second kappa shape index (κ2) is 7.15. The van der Waals surface area contributed by atoms with Crippen LogP contribution < -0.4 is 11.0 Å². The van der Waals surface area contributed by atoms with Gasteiger partial charge in [0.2, 0.25) is 0 Å². The van der Waals surface area contributed by atoms with E-state index in [-0.39, 0.29) is 11.7 Å². The van der Waals surface area contributed by atoms with Gasteiger partial charge in [-0.05, 0) is 49.3 Å². The van der Waals surface area contributed by atoms with E-state index in [9.17, 15) is 4.79 Å². The maximum atomic E-state index is 11.3. The zero-order valence-electron chi connectivity index (χ0n) is 12.3. The highest BCUT2D eigenvalue weighted by atomic mass is 35.5. The average molecular weight is 327 g/mol. The van der Waals surface area contributed by atoms with Crippen LogP contribution in [0.5, 0.6) is 0 Å². The van der Waals surface area contributed by atoms with Crippen LogP contribution in [0, 0.1) is 0 Å². The van der Waals surface area contributed by atoms with Crippen LogP contribution in [0.4, 0.5) is 0 Å². The first kappa shape index (κ1) is 16.1.